The maximum atomic E-state index is 8.83. The van der Waals surface area contributed by atoms with Gasteiger partial charge in [0.1, 0.15) is 0 Å². The van der Waals surface area contributed by atoms with Crippen LogP contribution < -0.4 is 0 Å². The molecule has 1 rings (SSSR count). The quantitative estimate of drug-likeness (QED) is 0.760. The molecule has 0 aliphatic rings. The number of benzene rings is 1. The smallest absolute Gasteiger partial charge is 0.0697 e. The molecular formula is C7H6Cl2O2S. The Kier molecular flexibility index (Phi) is 3.68. The van der Waals surface area contributed by atoms with Crippen molar-refractivity contribution in [3.63, 3.8) is 0 Å². The van der Waals surface area contributed by atoms with Crippen molar-refractivity contribution in [2.24, 2.45) is 0 Å². The van der Waals surface area contributed by atoms with Crippen LogP contribution in [0.2, 0.25) is 10.0 Å². The molecule has 0 radical (unpaired) electrons. The van der Waals surface area contributed by atoms with Gasteiger partial charge in [0.2, 0.25) is 0 Å². The first-order chi connectivity index (χ1) is 5.69. The van der Waals surface area contributed by atoms with E-state index in [1.165, 1.54) is 6.07 Å². The Morgan fingerprint density at radius 3 is 2.50 bits per heavy atom. The third kappa shape index (κ3) is 2.06. The summed E-state index contributed by atoms with van der Waals surface area (Å²) in [5, 5.41) is 9.62. The SMILES string of the molecule is OCc1cc(Cl)cc(SO)c1Cl. The highest BCUT2D eigenvalue weighted by atomic mass is 35.5. The van der Waals surface area contributed by atoms with Crippen molar-refractivity contribution >= 4 is 35.2 Å². The molecule has 0 saturated heterocycles. The van der Waals surface area contributed by atoms with E-state index < -0.39 is 0 Å². The van der Waals surface area contributed by atoms with Crippen LogP contribution >= 0.6 is 35.2 Å². The Balaban J connectivity index is 3.22. The van der Waals surface area contributed by atoms with Gasteiger partial charge in [0, 0.05) is 17.1 Å². The Bertz CT molecular complexity index is 266. The third-order valence-electron chi connectivity index (χ3n) is 1.35. The summed E-state index contributed by atoms with van der Waals surface area (Å²) in [6, 6.07) is 3.09. The van der Waals surface area contributed by atoms with Crippen LogP contribution in [0.5, 0.6) is 0 Å². The van der Waals surface area contributed by atoms with E-state index in [0.717, 1.165) is 0 Å². The molecule has 1 aromatic carbocycles. The zero-order chi connectivity index (χ0) is 9.14. The Hall–Kier alpha value is 0.0700. The fourth-order valence-corrected chi connectivity index (χ4v) is 1.77. The standard InChI is InChI=1S/C7H6Cl2O2S/c8-5-1-4(3-10)7(9)6(2-5)12-11/h1-2,10-11H,3H2. The molecule has 66 valence electrons. The molecule has 2 nitrogen and oxygen atoms in total. The van der Waals surface area contributed by atoms with Crippen molar-refractivity contribution < 1.29 is 9.66 Å². The first kappa shape index (κ1) is 10.2. The van der Waals surface area contributed by atoms with Crippen molar-refractivity contribution in [1.29, 1.82) is 0 Å². The molecule has 0 fully saturated rings. The second-order valence-electron chi connectivity index (χ2n) is 2.13. The summed E-state index contributed by atoms with van der Waals surface area (Å²) in [6.45, 7) is -0.188. The summed E-state index contributed by atoms with van der Waals surface area (Å²) in [6.07, 6.45) is 0. The highest BCUT2D eigenvalue weighted by molar-refractivity contribution is 7.93. The van der Waals surface area contributed by atoms with Crippen LogP contribution in [-0.2, 0) is 6.61 Å². The molecule has 12 heavy (non-hydrogen) atoms. The minimum Gasteiger partial charge on any atom is -0.392 e. The average molecular weight is 225 g/mol. The van der Waals surface area contributed by atoms with E-state index in [4.69, 9.17) is 32.9 Å². The normalized spacial score (nSPS) is 10.3. The molecule has 0 heterocycles. The summed E-state index contributed by atoms with van der Waals surface area (Å²) in [5.74, 6) is 0. The zero-order valence-electron chi connectivity index (χ0n) is 5.92. The second-order valence-corrected chi connectivity index (χ2v) is 3.56. The topological polar surface area (TPSA) is 40.5 Å². The van der Waals surface area contributed by atoms with Crippen LogP contribution in [0, 0.1) is 0 Å². The van der Waals surface area contributed by atoms with Gasteiger partial charge < -0.3 is 9.66 Å². The van der Waals surface area contributed by atoms with Gasteiger partial charge >= 0.3 is 0 Å². The molecular weight excluding hydrogens is 219 g/mol. The Morgan fingerprint density at radius 1 is 1.33 bits per heavy atom. The lowest BCUT2D eigenvalue weighted by atomic mass is 10.2. The van der Waals surface area contributed by atoms with Crippen molar-refractivity contribution in [3.8, 4) is 0 Å². The van der Waals surface area contributed by atoms with E-state index in [9.17, 15) is 0 Å². The van der Waals surface area contributed by atoms with Gasteiger partial charge in [0.25, 0.3) is 0 Å². The van der Waals surface area contributed by atoms with E-state index in [1.54, 1.807) is 6.07 Å². The number of aliphatic hydroxyl groups is 1. The fraction of sp³-hybridized carbons (Fsp3) is 0.143. The summed E-state index contributed by atoms with van der Waals surface area (Å²) in [5.41, 5.74) is 0.515. The lowest BCUT2D eigenvalue weighted by Crippen LogP contribution is -1.87. The second kappa shape index (κ2) is 4.35. The average Bonchev–Trinajstić information content (AvgIpc) is 2.08. The minimum absolute atomic E-state index is 0.188. The maximum Gasteiger partial charge on any atom is 0.0697 e. The van der Waals surface area contributed by atoms with Crippen LogP contribution in [0.1, 0.15) is 5.56 Å². The van der Waals surface area contributed by atoms with Gasteiger partial charge in [-0.15, -0.1) is 0 Å². The molecule has 0 aliphatic heterocycles. The molecule has 5 heteroatoms. The molecule has 1 aromatic rings. The van der Waals surface area contributed by atoms with Gasteiger partial charge in [-0.1, -0.05) is 23.2 Å². The Morgan fingerprint density at radius 2 is 2.00 bits per heavy atom. The van der Waals surface area contributed by atoms with Crippen LogP contribution in [0.15, 0.2) is 17.0 Å². The lowest BCUT2D eigenvalue weighted by molar-refractivity contribution is 0.281. The van der Waals surface area contributed by atoms with E-state index in [1.807, 2.05) is 0 Å². The molecule has 0 aliphatic carbocycles. The summed E-state index contributed by atoms with van der Waals surface area (Å²) in [7, 11) is 0. The number of rotatable bonds is 2. The molecule has 2 N–H and O–H groups in total. The van der Waals surface area contributed by atoms with Gasteiger partial charge in [-0.3, -0.25) is 0 Å². The van der Waals surface area contributed by atoms with Crippen LogP contribution in [0.25, 0.3) is 0 Å². The molecule has 0 spiro atoms. The van der Waals surface area contributed by atoms with E-state index >= 15 is 0 Å². The molecule has 0 bridgehead atoms. The van der Waals surface area contributed by atoms with E-state index in [2.05, 4.69) is 0 Å². The summed E-state index contributed by atoms with van der Waals surface area (Å²) < 4.78 is 8.75. The van der Waals surface area contributed by atoms with Gasteiger partial charge in [-0.05, 0) is 17.7 Å². The van der Waals surface area contributed by atoms with Crippen molar-refractivity contribution in [3.05, 3.63) is 27.7 Å². The molecule has 0 amide bonds. The predicted octanol–water partition coefficient (Wildman–Crippen LogP) is 3.05. The highest BCUT2D eigenvalue weighted by Crippen LogP contribution is 2.31. The minimum atomic E-state index is -0.188. The molecule has 0 unspecified atom stereocenters. The van der Waals surface area contributed by atoms with Crippen LogP contribution in [-0.4, -0.2) is 9.66 Å². The first-order valence-electron chi connectivity index (χ1n) is 3.09. The zero-order valence-corrected chi connectivity index (χ0v) is 8.25. The summed E-state index contributed by atoms with van der Waals surface area (Å²) in [4.78, 5) is 0.452. The monoisotopic (exact) mass is 224 g/mol. The predicted molar refractivity (Wildman–Crippen MR) is 50.9 cm³/mol. The fourth-order valence-electron chi connectivity index (χ4n) is 0.800. The number of hydrogen-bond donors (Lipinski definition) is 2. The molecule has 0 saturated carbocycles. The third-order valence-corrected chi connectivity index (χ3v) is 2.64. The number of hydrogen-bond acceptors (Lipinski definition) is 3. The number of halogens is 2. The van der Waals surface area contributed by atoms with Crippen LogP contribution in [0.4, 0.5) is 0 Å². The van der Waals surface area contributed by atoms with Crippen molar-refractivity contribution in [2.75, 3.05) is 0 Å². The van der Waals surface area contributed by atoms with Crippen molar-refractivity contribution in [1.82, 2.24) is 0 Å². The molecule has 0 atom stereocenters. The van der Waals surface area contributed by atoms with Gasteiger partial charge in [-0.2, -0.15) is 0 Å². The van der Waals surface area contributed by atoms with E-state index in [-0.39, 0.29) is 6.61 Å². The van der Waals surface area contributed by atoms with Gasteiger partial charge in [-0.25, -0.2) is 0 Å². The van der Waals surface area contributed by atoms with Crippen molar-refractivity contribution in [2.45, 2.75) is 11.5 Å². The first-order valence-corrected chi connectivity index (χ1v) is 4.62. The molecule has 0 aromatic heterocycles. The van der Waals surface area contributed by atoms with Crippen LogP contribution in [0.3, 0.4) is 0 Å². The van der Waals surface area contributed by atoms with Gasteiger partial charge in [0.05, 0.1) is 16.5 Å². The highest BCUT2D eigenvalue weighted by Gasteiger charge is 2.07. The summed E-state index contributed by atoms with van der Waals surface area (Å²) >= 11 is 12.0. The largest absolute Gasteiger partial charge is 0.392 e. The lowest BCUT2D eigenvalue weighted by Gasteiger charge is -2.04. The maximum absolute atomic E-state index is 8.83. The van der Waals surface area contributed by atoms with Gasteiger partial charge in [0.15, 0.2) is 0 Å². The Labute approximate surface area is 84.3 Å². The van der Waals surface area contributed by atoms with E-state index in [0.29, 0.717) is 32.5 Å². The number of aliphatic hydroxyl groups excluding tert-OH is 1.